The first-order valence-corrected chi connectivity index (χ1v) is 5.39. The lowest BCUT2D eigenvalue weighted by Gasteiger charge is -1.99. The van der Waals surface area contributed by atoms with Gasteiger partial charge in [0.15, 0.2) is 11.5 Å². The van der Waals surface area contributed by atoms with Gasteiger partial charge in [-0.05, 0) is 34.1 Å². The van der Waals surface area contributed by atoms with Crippen molar-refractivity contribution >= 4 is 21.8 Å². The molecule has 2 aromatic rings. The summed E-state index contributed by atoms with van der Waals surface area (Å²) >= 11 is 3.30. The van der Waals surface area contributed by atoms with E-state index in [-0.39, 0.29) is 5.91 Å². The van der Waals surface area contributed by atoms with Crippen LogP contribution in [-0.4, -0.2) is 27.7 Å². The van der Waals surface area contributed by atoms with Crippen molar-refractivity contribution in [1.29, 1.82) is 0 Å². The third kappa shape index (κ3) is 2.11. The van der Waals surface area contributed by atoms with Crippen LogP contribution in [0.2, 0.25) is 0 Å². The molecule has 0 spiro atoms. The van der Waals surface area contributed by atoms with Crippen LogP contribution in [0.25, 0.3) is 5.82 Å². The number of pyridine rings is 1. The Hall–Kier alpha value is -1.69. The van der Waals surface area contributed by atoms with Crippen LogP contribution in [0.5, 0.6) is 0 Å². The summed E-state index contributed by atoms with van der Waals surface area (Å²) in [5, 5.41) is 6.62. The fourth-order valence-electron chi connectivity index (χ4n) is 1.20. The molecular formula is C10H9BrN4O. The molecule has 0 bridgehead atoms. The van der Waals surface area contributed by atoms with Crippen LogP contribution in [0.3, 0.4) is 0 Å². The Morgan fingerprint density at radius 3 is 2.88 bits per heavy atom. The summed E-state index contributed by atoms with van der Waals surface area (Å²) in [6, 6.07) is 5.32. The van der Waals surface area contributed by atoms with Crippen LogP contribution in [0.15, 0.2) is 35.1 Å². The van der Waals surface area contributed by atoms with Gasteiger partial charge in [0.2, 0.25) is 0 Å². The summed E-state index contributed by atoms with van der Waals surface area (Å²) in [4.78, 5) is 15.5. The minimum atomic E-state index is -0.212. The Balaban J connectivity index is 2.31. The lowest BCUT2D eigenvalue weighted by atomic mass is 10.4. The second-order valence-electron chi connectivity index (χ2n) is 3.06. The molecule has 0 aliphatic rings. The normalized spacial score (nSPS) is 10.1. The molecule has 0 aliphatic heterocycles. The molecule has 82 valence electrons. The fourth-order valence-corrected chi connectivity index (χ4v) is 1.44. The van der Waals surface area contributed by atoms with Crippen molar-refractivity contribution in [1.82, 2.24) is 20.1 Å². The van der Waals surface area contributed by atoms with Gasteiger partial charge in [-0.15, -0.1) is 0 Å². The molecule has 0 aliphatic carbocycles. The molecule has 0 radical (unpaired) electrons. The lowest BCUT2D eigenvalue weighted by Crippen LogP contribution is -2.18. The van der Waals surface area contributed by atoms with Crippen molar-refractivity contribution in [2.45, 2.75) is 0 Å². The van der Waals surface area contributed by atoms with Crippen LogP contribution in [-0.2, 0) is 0 Å². The molecule has 1 N–H and O–H groups in total. The first kappa shape index (κ1) is 10.8. The summed E-state index contributed by atoms with van der Waals surface area (Å²) in [5.74, 6) is 0.453. The highest BCUT2D eigenvalue weighted by Gasteiger charge is 2.08. The van der Waals surface area contributed by atoms with Gasteiger partial charge in [-0.25, -0.2) is 9.67 Å². The Morgan fingerprint density at radius 1 is 1.44 bits per heavy atom. The Morgan fingerprint density at radius 2 is 2.25 bits per heavy atom. The minimum absolute atomic E-state index is 0.212. The Bertz CT molecular complexity index is 506. The summed E-state index contributed by atoms with van der Waals surface area (Å²) in [5.41, 5.74) is 0.368. The molecule has 0 aromatic carbocycles. The summed E-state index contributed by atoms with van der Waals surface area (Å²) in [6.45, 7) is 0. The highest BCUT2D eigenvalue weighted by atomic mass is 79.9. The zero-order valence-electron chi connectivity index (χ0n) is 8.51. The number of aromatic nitrogens is 3. The van der Waals surface area contributed by atoms with Crippen LogP contribution in [0, 0.1) is 0 Å². The molecule has 1 amide bonds. The molecule has 0 atom stereocenters. The summed E-state index contributed by atoms with van der Waals surface area (Å²) in [7, 11) is 1.57. The molecule has 0 unspecified atom stereocenters. The first-order chi connectivity index (χ1) is 7.70. The number of hydrogen-bond acceptors (Lipinski definition) is 3. The third-order valence-electron chi connectivity index (χ3n) is 2.00. The minimum Gasteiger partial charge on any atom is -0.354 e. The Kier molecular flexibility index (Phi) is 3.00. The quantitative estimate of drug-likeness (QED) is 0.905. The number of carbonyl (C=O) groups is 1. The van der Waals surface area contributed by atoms with Gasteiger partial charge in [-0.3, -0.25) is 4.79 Å². The Labute approximate surface area is 101 Å². The number of nitrogens with zero attached hydrogens (tertiary/aromatic N) is 3. The van der Waals surface area contributed by atoms with Gasteiger partial charge in [-0.2, -0.15) is 5.10 Å². The molecular weight excluding hydrogens is 272 g/mol. The van der Waals surface area contributed by atoms with E-state index in [1.165, 1.54) is 0 Å². The van der Waals surface area contributed by atoms with Crippen molar-refractivity contribution in [3.63, 3.8) is 0 Å². The second kappa shape index (κ2) is 4.44. The van der Waals surface area contributed by atoms with Crippen LogP contribution in [0.4, 0.5) is 0 Å². The van der Waals surface area contributed by atoms with Crippen molar-refractivity contribution in [2.24, 2.45) is 0 Å². The van der Waals surface area contributed by atoms with E-state index in [0.717, 1.165) is 4.47 Å². The molecule has 0 saturated heterocycles. The van der Waals surface area contributed by atoms with Crippen LogP contribution >= 0.6 is 15.9 Å². The maximum atomic E-state index is 11.3. The zero-order valence-corrected chi connectivity index (χ0v) is 10.1. The number of amides is 1. The largest absolute Gasteiger partial charge is 0.354 e. The summed E-state index contributed by atoms with van der Waals surface area (Å²) in [6.07, 6.45) is 3.37. The molecule has 6 heteroatoms. The van der Waals surface area contributed by atoms with Crippen LogP contribution in [0.1, 0.15) is 10.5 Å². The molecule has 2 rings (SSSR count). The van der Waals surface area contributed by atoms with Crippen molar-refractivity contribution in [3.8, 4) is 5.82 Å². The standard InChI is InChI=1S/C10H9BrN4O/c1-12-10(16)8-4-5-15(14-8)9-3-2-7(11)6-13-9/h2-6H,1H3,(H,12,16). The highest BCUT2D eigenvalue weighted by Crippen LogP contribution is 2.10. The average Bonchev–Trinajstić information content (AvgIpc) is 2.78. The molecule has 0 saturated carbocycles. The smallest absolute Gasteiger partial charge is 0.271 e. The van der Waals surface area contributed by atoms with E-state index in [9.17, 15) is 4.79 Å². The second-order valence-corrected chi connectivity index (χ2v) is 3.97. The van der Waals surface area contributed by atoms with Crippen molar-refractivity contribution in [2.75, 3.05) is 7.05 Å². The number of nitrogens with one attached hydrogen (secondary N) is 1. The number of carbonyl (C=O) groups excluding carboxylic acids is 1. The number of rotatable bonds is 2. The molecule has 16 heavy (non-hydrogen) atoms. The van der Waals surface area contributed by atoms with Crippen LogP contribution < -0.4 is 5.32 Å². The maximum absolute atomic E-state index is 11.3. The topological polar surface area (TPSA) is 59.8 Å². The lowest BCUT2D eigenvalue weighted by molar-refractivity contribution is 0.0957. The predicted molar refractivity (Wildman–Crippen MR) is 62.4 cm³/mol. The highest BCUT2D eigenvalue weighted by molar-refractivity contribution is 9.10. The van der Waals surface area contributed by atoms with Gasteiger partial charge >= 0.3 is 0 Å². The molecule has 2 heterocycles. The van der Waals surface area contributed by atoms with E-state index >= 15 is 0 Å². The van der Waals surface area contributed by atoms with Gasteiger partial charge in [0.05, 0.1) is 0 Å². The summed E-state index contributed by atoms with van der Waals surface area (Å²) < 4.78 is 2.45. The molecule has 2 aromatic heterocycles. The zero-order chi connectivity index (χ0) is 11.5. The van der Waals surface area contributed by atoms with Crippen molar-refractivity contribution in [3.05, 3.63) is 40.8 Å². The first-order valence-electron chi connectivity index (χ1n) is 4.60. The number of hydrogen-bond donors (Lipinski definition) is 1. The maximum Gasteiger partial charge on any atom is 0.271 e. The van der Waals surface area contributed by atoms with Gasteiger partial charge < -0.3 is 5.32 Å². The SMILES string of the molecule is CNC(=O)c1ccn(-c2ccc(Br)cn2)n1. The molecule has 5 nitrogen and oxygen atoms in total. The van der Waals surface area contributed by atoms with E-state index in [1.54, 1.807) is 30.2 Å². The van der Waals surface area contributed by atoms with E-state index in [0.29, 0.717) is 11.5 Å². The van der Waals surface area contributed by atoms with E-state index in [1.807, 2.05) is 12.1 Å². The van der Waals surface area contributed by atoms with E-state index in [2.05, 4.69) is 31.3 Å². The predicted octanol–water partition coefficient (Wildman–Crippen LogP) is 1.39. The van der Waals surface area contributed by atoms with Gasteiger partial charge in [0, 0.05) is 23.9 Å². The van der Waals surface area contributed by atoms with Gasteiger partial charge in [0.1, 0.15) is 0 Å². The van der Waals surface area contributed by atoms with Gasteiger partial charge in [0.25, 0.3) is 5.91 Å². The van der Waals surface area contributed by atoms with Gasteiger partial charge in [-0.1, -0.05) is 0 Å². The van der Waals surface area contributed by atoms with E-state index in [4.69, 9.17) is 0 Å². The molecule has 0 fully saturated rings. The fraction of sp³-hybridized carbons (Fsp3) is 0.100. The van der Waals surface area contributed by atoms with E-state index < -0.39 is 0 Å². The van der Waals surface area contributed by atoms with Crippen molar-refractivity contribution < 1.29 is 4.79 Å². The monoisotopic (exact) mass is 280 g/mol. The number of halogens is 1. The third-order valence-corrected chi connectivity index (χ3v) is 2.46. The average molecular weight is 281 g/mol.